The van der Waals surface area contributed by atoms with Crippen molar-refractivity contribution < 1.29 is 0 Å². The second-order valence-corrected chi connectivity index (χ2v) is 16.0. The number of hydrogen-bond donors (Lipinski definition) is 0. The Labute approximate surface area is 342 Å². The SMILES string of the molecule is c1cc(-c2ccc(N(c3ccc(-c4ccc5ccccc5c4)cc3)c3ccc(-c4cccc5c4sc4ccccc45)cc3)cc2)cc(-c2ccc3ccccc3c2)c1. The molecule has 0 radical (unpaired) electrons. The predicted octanol–water partition coefficient (Wildman–Crippen LogP) is 16.5. The molecular weight excluding hydrogens is 719 g/mol. The molecule has 11 aromatic rings. The van der Waals surface area contributed by atoms with Crippen LogP contribution in [0.25, 0.3) is 86.2 Å². The molecule has 0 atom stereocenters. The van der Waals surface area contributed by atoms with Crippen molar-refractivity contribution in [3.63, 3.8) is 0 Å². The van der Waals surface area contributed by atoms with Gasteiger partial charge in [-0.1, -0.05) is 164 Å². The zero-order valence-corrected chi connectivity index (χ0v) is 32.5. The van der Waals surface area contributed by atoms with Crippen molar-refractivity contribution >= 4 is 70.1 Å². The zero-order valence-electron chi connectivity index (χ0n) is 31.7. The third-order valence-electron chi connectivity index (χ3n) is 11.5. The maximum Gasteiger partial charge on any atom is 0.0462 e. The molecule has 0 saturated carbocycles. The Balaban J connectivity index is 0.959. The highest BCUT2D eigenvalue weighted by Crippen LogP contribution is 2.42. The second-order valence-electron chi connectivity index (χ2n) is 15.0. The molecule has 0 fully saturated rings. The Morgan fingerprint density at radius 1 is 0.276 bits per heavy atom. The number of anilines is 3. The minimum atomic E-state index is 1.10. The third-order valence-corrected chi connectivity index (χ3v) is 12.7. The molecule has 1 aromatic heterocycles. The lowest BCUT2D eigenvalue weighted by Gasteiger charge is -2.26. The zero-order chi connectivity index (χ0) is 38.4. The summed E-state index contributed by atoms with van der Waals surface area (Å²) in [6.45, 7) is 0. The van der Waals surface area contributed by atoms with Crippen LogP contribution in [0.4, 0.5) is 17.1 Å². The summed E-state index contributed by atoms with van der Waals surface area (Å²) in [6.07, 6.45) is 0. The monoisotopic (exact) mass is 755 g/mol. The lowest BCUT2D eigenvalue weighted by molar-refractivity contribution is 1.28. The average Bonchev–Trinajstić information content (AvgIpc) is 3.69. The van der Waals surface area contributed by atoms with Crippen molar-refractivity contribution in [1.29, 1.82) is 0 Å². The van der Waals surface area contributed by atoms with Crippen LogP contribution in [0.15, 0.2) is 224 Å². The van der Waals surface area contributed by atoms with E-state index in [0.717, 1.165) is 17.1 Å². The summed E-state index contributed by atoms with van der Waals surface area (Å²) in [5.41, 5.74) is 13.0. The van der Waals surface area contributed by atoms with E-state index in [1.165, 1.54) is 86.2 Å². The fraction of sp³-hybridized carbons (Fsp3) is 0. The van der Waals surface area contributed by atoms with Gasteiger partial charge in [-0.05, 0) is 127 Å². The maximum absolute atomic E-state index is 2.36. The average molecular weight is 756 g/mol. The van der Waals surface area contributed by atoms with Gasteiger partial charge in [0, 0.05) is 37.2 Å². The van der Waals surface area contributed by atoms with Gasteiger partial charge >= 0.3 is 0 Å². The van der Waals surface area contributed by atoms with Crippen LogP contribution in [-0.2, 0) is 0 Å². The molecule has 10 aromatic carbocycles. The molecule has 0 spiro atoms. The highest BCUT2D eigenvalue weighted by atomic mass is 32.1. The van der Waals surface area contributed by atoms with Crippen molar-refractivity contribution in [1.82, 2.24) is 0 Å². The fourth-order valence-corrected chi connectivity index (χ4v) is 9.67. The number of fused-ring (bicyclic) bond motifs is 5. The number of rotatable bonds is 7. The number of thiophene rings is 1. The fourth-order valence-electron chi connectivity index (χ4n) is 8.43. The van der Waals surface area contributed by atoms with E-state index in [4.69, 9.17) is 0 Å². The Morgan fingerprint density at radius 2 is 0.707 bits per heavy atom. The van der Waals surface area contributed by atoms with Crippen LogP contribution in [0.5, 0.6) is 0 Å². The van der Waals surface area contributed by atoms with E-state index in [1.54, 1.807) is 0 Å². The van der Waals surface area contributed by atoms with Crippen LogP contribution < -0.4 is 4.90 Å². The summed E-state index contributed by atoms with van der Waals surface area (Å²) >= 11 is 1.88. The highest BCUT2D eigenvalue weighted by Gasteiger charge is 2.16. The van der Waals surface area contributed by atoms with Crippen molar-refractivity contribution in [2.75, 3.05) is 4.90 Å². The number of benzene rings is 10. The molecule has 272 valence electrons. The minimum absolute atomic E-state index is 1.10. The van der Waals surface area contributed by atoms with E-state index < -0.39 is 0 Å². The first-order valence-electron chi connectivity index (χ1n) is 19.8. The van der Waals surface area contributed by atoms with Crippen molar-refractivity contribution in [2.24, 2.45) is 0 Å². The summed E-state index contributed by atoms with van der Waals surface area (Å²) in [6, 6.07) is 81.9. The highest BCUT2D eigenvalue weighted by molar-refractivity contribution is 7.26. The van der Waals surface area contributed by atoms with Gasteiger partial charge in [0.1, 0.15) is 0 Å². The molecular formula is C56H37NS. The quantitative estimate of drug-likeness (QED) is 0.157. The van der Waals surface area contributed by atoms with E-state index in [2.05, 4.69) is 229 Å². The van der Waals surface area contributed by atoms with E-state index in [1.807, 2.05) is 11.3 Å². The number of nitrogens with zero attached hydrogens (tertiary/aromatic N) is 1. The molecule has 0 aliphatic heterocycles. The first-order chi connectivity index (χ1) is 28.7. The summed E-state index contributed by atoms with van der Waals surface area (Å²) in [5, 5.41) is 7.66. The van der Waals surface area contributed by atoms with Gasteiger partial charge < -0.3 is 4.90 Å². The van der Waals surface area contributed by atoms with Crippen LogP contribution in [0.3, 0.4) is 0 Å². The summed E-state index contributed by atoms with van der Waals surface area (Å²) < 4.78 is 2.65. The van der Waals surface area contributed by atoms with Crippen LogP contribution in [-0.4, -0.2) is 0 Å². The third kappa shape index (κ3) is 6.21. The van der Waals surface area contributed by atoms with Crippen LogP contribution >= 0.6 is 11.3 Å². The van der Waals surface area contributed by atoms with Gasteiger partial charge in [0.05, 0.1) is 0 Å². The van der Waals surface area contributed by atoms with Gasteiger partial charge in [-0.3, -0.25) is 0 Å². The molecule has 0 unspecified atom stereocenters. The molecule has 1 nitrogen and oxygen atoms in total. The van der Waals surface area contributed by atoms with E-state index in [9.17, 15) is 0 Å². The van der Waals surface area contributed by atoms with Crippen LogP contribution in [0.1, 0.15) is 0 Å². The Kier molecular flexibility index (Phi) is 8.42. The smallest absolute Gasteiger partial charge is 0.0462 e. The van der Waals surface area contributed by atoms with Gasteiger partial charge in [0.25, 0.3) is 0 Å². The van der Waals surface area contributed by atoms with Gasteiger partial charge in [-0.15, -0.1) is 11.3 Å². The van der Waals surface area contributed by atoms with E-state index >= 15 is 0 Å². The van der Waals surface area contributed by atoms with Crippen molar-refractivity contribution in [3.05, 3.63) is 224 Å². The normalized spacial score (nSPS) is 11.4. The standard InChI is InChI=1S/C56H37NS/c1-3-11-43-36-47(21-19-38(43)9-1)41-25-31-50(32-26-41)57(51-33-27-42(28-34-51)52-16-8-17-54-53-15-5-6-18-55(53)58-56(52)54)49-29-23-40(24-30-49)45-13-7-14-46(35-45)48-22-20-39-10-2-4-12-44(39)37-48/h1-37H. The molecule has 58 heavy (non-hydrogen) atoms. The van der Waals surface area contributed by atoms with Gasteiger partial charge in [0.2, 0.25) is 0 Å². The van der Waals surface area contributed by atoms with Gasteiger partial charge in [-0.25, -0.2) is 0 Å². The van der Waals surface area contributed by atoms with E-state index in [-0.39, 0.29) is 0 Å². The molecule has 11 rings (SSSR count). The Hall–Kier alpha value is -7.26. The van der Waals surface area contributed by atoms with Crippen molar-refractivity contribution in [2.45, 2.75) is 0 Å². The summed E-state index contributed by atoms with van der Waals surface area (Å²) in [7, 11) is 0. The van der Waals surface area contributed by atoms with Crippen LogP contribution in [0.2, 0.25) is 0 Å². The largest absolute Gasteiger partial charge is 0.311 e. The molecule has 0 saturated heterocycles. The first-order valence-corrected chi connectivity index (χ1v) is 20.6. The molecule has 0 aliphatic carbocycles. The molecule has 0 aliphatic rings. The maximum atomic E-state index is 2.36. The first kappa shape index (κ1) is 34.0. The van der Waals surface area contributed by atoms with Gasteiger partial charge in [0.15, 0.2) is 0 Å². The van der Waals surface area contributed by atoms with Gasteiger partial charge in [-0.2, -0.15) is 0 Å². The lowest BCUT2D eigenvalue weighted by atomic mass is 9.97. The number of hydrogen-bond acceptors (Lipinski definition) is 2. The molecule has 1 heterocycles. The molecule has 0 bridgehead atoms. The Bertz CT molecular complexity index is 3270. The van der Waals surface area contributed by atoms with Crippen LogP contribution in [0, 0.1) is 0 Å². The van der Waals surface area contributed by atoms with E-state index in [0.29, 0.717) is 0 Å². The molecule has 2 heteroatoms. The second kappa shape index (κ2) is 14.4. The topological polar surface area (TPSA) is 3.24 Å². The summed E-state index contributed by atoms with van der Waals surface area (Å²) in [4.78, 5) is 2.36. The molecule has 0 N–H and O–H groups in total. The minimum Gasteiger partial charge on any atom is -0.311 e. The van der Waals surface area contributed by atoms with Crippen molar-refractivity contribution in [3.8, 4) is 44.5 Å². The molecule has 0 amide bonds. The Morgan fingerprint density at radius 3 is 1.31 bits per heavy atom. The lowest BCUT2D eigenvalue weighted by Crippen LogP contribution is -2.09. The summed E-state index contributed by atoms with van der Waals surface area (Å²) in [5.74, 6) is 0. The predicted molar refractivity (Wildman–Crippen MR) is 251 cm³/mol.